The largest absolute Gasteiger partial charge is 0.493 e. The minimum absolute atomic E-state index is 0.297. The summed E-state index contributed by atoms with van der Waals surface area (Å²) < 4.78 is 44.9. The topological polar surface area (TPSA) is 115 Å². The maximum absolute atomic E-state index is 13.0. The van der Waals surface area contributed by atoms with Crippen LogP contribution in [0.2, 0.25) is 0 Å². The van der Waals surface area contributed by atoms with Gasteiger partial charge >= 0.3 is 0 Å². The zero-order valence-electron chi connectivity index (χ0n) is 16.6. The summed E-state index contributed by atoms with van der Waals surface area (Å²) in [5.74, 6) is -0.219. The third-order valence-corrected chi connectivity index (χ3v) is 6.81. The molecule has 9 heteroatoms. The van der Waals surface area contributed by atoms with Gasteiger partial charge in [0.1, 0.15) is 5.60 Å². The number of nitrogens with zero attached hydrogens (tertiary/aromatic N) is 1. The Morgan fingerprint density at radius 3 is 2.60 bits per heavy atom. The molecule has 160 valence electrons. The van der Waals surface area contributed by atoms with Crippen LogP contribution in [-0.4, -0.2) is 42.3 Å². The Bertz CT molecular complexity index is 1050. The fraction of sp³-hybridized carbons (Fsp3) is 0.429. The molecule has 4 rings (SSSR count). The van der Waals surface area contributed by atoms with E-state index in [0.717, 1.165) is 12.8 Å². The van der Waals surface area contributed by atoms with Crippen molar-refractivity contribution in [2.45, 2.75) is 37.7 Å². The third-order valence-electron chi connectivity index (χ3n) is 5.99. The lowest BCUT2D eigenvalue weighted by Gasteiger charge is -2.43. The Hall–Kier alpha value is -2.65. The van der Waals surface area contributed by atoms with Crippen LogP contribution in [0.3, 0.4) is 0 Å². The molecular formula is C21H24N2O6S. The molecule has 2 aliphatic rings. The van der Waals surface area contributed by atoms with Gasteiger partial charge < -0.3 is 14.8 Å². The Kier molecular flexibility index (Phi) is 5.42. The van der Waals surface area contributed by atoms with Crippen LogP contribution in [0.1, 0.15) is 41.6 Å². The van der Waals surface area contributed by atoms with Crippen molar-refractivity contribution in [3.8, 4) is 11.5 Å². The van der Waals surface area contributed by atoms with Crippen LogP contribution in [-0.2, 0) is 16.5 Å². The average molecular weight is 432 g/mol. The van der Waals surface area contributed by atoms with Gasteiger partial charge in [-0.1, -0.05) is 0 Å². The number of rotatable bonds is 5. The Labute approximate surface area is 175 Å². The van der Waals surface area contributed by atoms with Crippen LogP contribution in [0.5, 0.6) is 11.5 Å². The second-order valence-corrected chi connectivity index (χ2v) is 9.33. The maximum Gasteiger partial charge on any atom is 0.265 e. The van der Waals surface area contributed by atoms with E-state index in [0.29, 0.717) is 47.6 Å². The molecule has 1 aromatic heterocycles. The van der Waals surface area contributed by atoms with Crippen molar-refractivity contribution in [2.24, 2.45) is 5.92 Å². The smallest absolute Gasteiger partial charge is 0.265 e. The molecule has 1 amide bonds. The van der Waals surface area contributed by atoms with Gasteiger partial charge in [0.15, 0.2) is 11.5 Å². The Morgan fingerprint density at radius 2 is 1.97 bits per heavy atom. The number of nitrogens with one attached hydrogen (secondary N) is 1. The monoisotopic (exact) mass is 432 g/mol. The zero-order valence-corrected chi connectivity index (χ0v) is 17.4. The van der Waals surface area contributed by atoms with Crippen molar-refractivity contribution in [2.75, 3.05) is 18.2 Å². The summed E-state index contributed by atoms with van der Waals surface area (Å²) in [5.41, 5.74) is 0.886. The van der Waals surface area contributed by atoms with Gasteiger partial charge in [0.05, 0.1) is 12.9 Å². The first kappa shape index (κ1) is 20.6. The number of pyridine rings is 1. The molecule has 0 saturated heterocycles. The van der Waals surface area contributed by atoms with E-state index in [1.807, 2.05) is 0 Å². The van der Waals surface area contributed by atoms with Crippen molar-refractivity contribution >= 4 is 21.7 Å². The van der Waals surface area contributed by atoms with Crippen molar-refractivity contribution < 1.29 is 27.2 Å². The maximum atomic E-state index is 13.0. The summed E-state index contributed by atoms with van der Waals surface area (Å²) in [6, 6.07) is 6.69. The number of carbonyl (C=O) groups is 1. The highest BCUT2D eigenvalue weighted by Gasteiger charge is 2.49. The number of hydrogen-bond acceptors (Lipinski definition) is 6. The van der Waals surface area contributed by atoms with Crippen molar-refractivity contribution in [1.82, 2.24) is 4.98 Å². The minimum atomic E-state index is -4.21. The quantitative estimate of drug-likeness (QED) is 0.698. The highest BCUT2D eigenvalue weighted by Crippen LogP contribution is 2.50. The number of hydrogen-bond donors (Lipinski definition) is 2. The van der Waals surface area contributed by atoms with E-state index < -0.39 is 27.4 Å². The number of amides is 1. The van der Waals surface area contributed by atoms with E-state index in [-0.39, 0.29) is 5.91 Å². The minimum Gasteiger partial charge on any atom is -0.493 e. The first-order chi connectivity index (χ1) is 14.3. The summed E-state index contributed by atoms with van der Waals surface area (Å²) in [4.78, 5) is 16.9. The van der Waals surface area contributed by atoms with Crippen LogP contribution in [0.4, 0.5) is 5.69 Å². The number of methoxy groups -OCH3 is 1. The molecule has 1 spiro atoms. The molecular weight excluding hydrogens is 408 g/mol. The highest BCUT2D eigenvalue weighted by atomic mass is 32.2. The summed E-state index contributed by atoms with van der Waals surface area (Å²) in [6.07, 6.45) is 6.68. The van der Waals surface area contributed by atoms with Gasteiger partial charge in [0.2, 0.25) is 0 Å². The van der Waals surface area contributed by atoms with Gasteiger partial charge in [-0.15, -0.1) is 0 Å². The van der Waals surface area contributed by atoms with Crippen molar-refractivity contribution in [3.05, 3.63) is 47.8 Å². The van der Waals surface area contributed by atoms with E-state index >= 15 is 0 Å². The van der Waals surface area contributed by atoms with Gasteiger partial charge in [-0.05, 0) is 56.4 Å². The number of aromatic nitrogens is 1. The number of fused-ring (bicyclic) bond motifs is 1. The normalized spacial score (nSPS) is 19.7. The Balaban J connectivity index is 1.75. The molecule has 1 unspecified atom stereocenters. The number of ether oxygens (including phenoxy) is 2. The van der Waals surface area contributed by atoms with Gasteiger partial charge in [-0.3, -0.25) is 14.3 Å². The van der Waals surface area contributed by atoms with Crippen LogP contribution < -0.4 is 14.8 Å². The molecule has 2 heterocycles. The second-order valence-electron chi connectivity index (χ2n) is 7.84. The Morgan fingerprint density at radius 1 is 1.27 bits per heavy atom. The molecule has 2 N–H and O–H groups in total. The standard InChI is InChI=1S/C21H24N2O6S/c1-28-18-5-4-16(20(24)23-15-6-10-22-11-7-15)17-12-14(13-30(25,26)27)21(29-19(17)18)8-2-3-9-21/h4-7,10-11,14H,2-3,8-9,12-13H2,1H3,(H,22,23,24)(H,25,26,27). The van der Waals surface area contributed by atoms with Gasteiger partial charge in [0.25, 0.3) is 16.0 Å². The number of benzene rings is 1. The van der Waals surface area contributed by atoms with E-state index in [2.05, 4.69) is 10.3 Å². The first-order valence-corrected chi connectivity index (χ1v) is 11.5. The predicted octanol–water partition coefficient (Wildman–Crippen LogP) is 3.09. The fourth-order valence-electron chi connectivity index (χ4n) is 4.60. The molecule has 1 fully saturated rings. The summed E-state index contributed by atoms with van der Waals surface area (Å²) in [6.45, 7) is 0. The molecule has 0 radical (unpaired) electrons. The molecule has 8 nitrogen and oxygen atoms in total. The summed E-state index contributed by atoms with van der Waals surface area (Å²) >= 11 is 0. The molecule has 1 saturated carbocycles. The molecule has 1 aromatic carbocycles. The molecule has 1 atom stereocenters. The number of anilines is 1. The summed E-state index contributed by atoms with van der Waals surface area (Å²) in [7, 11) is -2.68. The second kappa shape index (κ2) is 7.88. The van der Waals surface area contributed by atoms with E-state index in [1.165, 1.54) is 7.11 Å². The fourth-order valence-corrected chi connectivity index (χ4v) is 5.53. The van der Waals surface area contributed by atoms with Crippen molar-refractivity contribution in [1.29, 1.82) is 0 Å². The highest BCUT2D eigenvalue weighted by molar-refractivity contribution is 7.85. The lowest BCUT2D eigenvalue weighted by atomic mass is 9.78. The molecule has 1 aliphatic heterocycles. The van der Waals surface area contributed by atoms with Gasteiger partial charge in [-0.2, -0.15) is 8.42 Å². The predicted molar refractivity (Wildman–Crippen MR) is 111 cm³/mol. The lowest BCUT2D eigenvalue weighted by Crippen LogP contribution is -2.48. The molecule has 2 aromatic rings. The molecule has 0 bridgehead atoms. The summed E-state index contributed by atoms with van der Waals surface area (Å²) in [5, 5.41) is 2.83. The zero-order chi connectivity index (χ0) is 21.4. The van der Waals surface area contributed by atoms with Crippen LogP contribution in [0, 0.1) is 5.92 Å². The third kappa shape index (κ3) is 3.99. The first-order valence-electron chi connectivity index (χ1n) is 9.87. The lowest BCUT2D eigenvalue weighted by molar-refractivity contribution is 0.00448. The van der Waals surface area contributed by atoms with Crippen LogP contribution >= 0.6 is 0 Å². The number of carbonyl (C=O) groups excluding carboxylic acids is 1. The van der Waals surface area contributed by atoms with Gasteiger partial charge in [-0.25, -0.2) is 0 Å². The van der Waals surface area contributed by atoms with Gasteiger partial charge in [0, 0.05) is 35.1 Å². The molecule has 30 heavy (non-hydrogen) atoms. The van der Waals surface area contributed by atoms with Crippen molar-refractivity contribution in [3.63, 3.8) is 0 Å². The van der Waals surface area contributed by atoms with Crippen LogP contribution in [0.15, 0.2) is 36.7 Å². The average Bonchev–Trinajstić information content (AvgIpc) is 3.17. The van der Waals surface area contributed by atoms with Crippen LogP contribution in [0.25, 0.3) is 0 Å². The van der Waals surface area contributed by atoms with E-state index in [4.69, 9.17) is 9.47 Å². The van der Waals surface area contributed by atoms with E-state index in [9.17, 15) is 17.8 Å². The van der Waals surface area contributed by atoms with E-state index in [1.54, 1.807) is 36.7 Å². The SMILES string of the molecule is COc1ccc(C(=O)Nc2ccncc2)c2c1OC1(CCCC1)C(CS(=O)(=O)O)C2. The molecule has 1 aliphatic carbocycles.